The van der Waals surface area contributed by atoms with E-state index in [1.165, 1.54) is 5.56 Å². The molecule has 1 aromatic heterocycles. The fraction of sp³-hybridized carbons (Fsp3) is 0.429. The van der Waals surface area contributed by atoms with E-state index in [-0.39, 0.29) is 5.91 Å². The summed E-state index contributed by atoms with van der Waals surface area (Å²) in [5.74, 6) is 1.43. The molecular formula is C21H28N4O. The van der Waals surface area contributed by atoms with Gasteiger partial charge >= 0.3 is 0 Å². The van der Waals surface area contributed by atoms with Crippen molar-refractivity contribution in [2.45, 2.75) is 26.3 Å². The van der Waals surface area contributed by atoms with Crippen molar-refractivity contribution in [3.8, 4) is 0 Å². The number of aromatic nitrogens is 1. The lowest BCUT2D eigenvalue weighted by Crippen LogP contribution is -2.44. The number of carbonyl (C=O) groups is 1. The van der Waals surface area contributed by atoms with Gasteiger partial charge in [0.1, 0.15) is 5.82 Å². The monoisotopic (exact) mass is 352 g/mol. The van der Waals surface area contributed by atoms with Gasteiger partial charge in [-0.2, -0.15) is 0 Å². The summed E-state index contributed by atoms with van der Waals surface area (Å²) >= 11 is 0. The van der Waals surface area contributed by atoms with Gasteiger partial charge in [-0.15, -0.1) is 0 Å². The first-order valence-corrected chi connectivity index (χ1v) is 9.29. The second-order valence-electron chi connectivity index (χ2n) is 7.27. The van der Waals surface area contributed by atoms with E-state index in [0.717, 1.165) is 37.6 Å². The molecule has 2 heterocycles. The number of carbonyl (C=O) groups excluding carboxylic acids is 1. The van der Waals surface area contributed by atoms with E-state index in [1.807, 2.05) is 42.6 Å². The summed E-state index contributed by atoms with van der Waals surface area (Å²) in [6, 6.07) is 11.9. The van der Waals surface area contributed by atoms with Crippen molar-refractivity contribution in [2.75, 3.05) is 38.1 Å². The van der Waals surface area contributed by atoms with E-state index in [4.69, 9.17) is 0 Å². The molecule has 1 amide bonds. The van der Waals surface area contributed by atoms with Gasteiger partial charge in [0.25, 0.3) is 5.91 Å². The summed E-state index contributed by atoms with van der Waals surface area (Å²) in [6.07, 6.45) is 1.86. The topological polar surface area (TPSA) is 48.5 Å². The number of anilines is 1. The lowest BCUT2D eigenvalue weighted by Gasteiger charge is -2.33. The van der Waals surface area contributed by atoms with Crippen LogP contribution in [-0.2, 0) is 6.54 Å². The number of piperazine rings is 1. The molecule has 1 N–H and O–H groups in total. The van der Waals surface area contributed by atoms with Gasteiger partial charge in [-0.1, -0.05) is 32.0 Å². The average Bonchev–Trinajstić information content (AvgIpc) is 2.67. The Labute approximate surface area is 156 Å². The molecule has 3 rings (SSSR count). The highest BCUT2D eigenvalue weighted by Crippen LogP contribution is 2.15. The van der Waals surface area contributed by atoms with Gasteiger partial charge in [0.2, 0.25) is 0 Å². The number of amides is 1. The SMILES string of the molecule is CC(C)c1ccc(C(=O)NCc2ccc(N3CCN(C)CC3)nc2)cc1. The molecule has 0 radical (unpaired) electrons. The molecule has 1 aliphatic rings. The van der Waals surface area contributed by atoms with E-state index in [1.54, 1.807) is 0 Å². The normalized spacial score (nSPS) is 15.3. The van der Waals surface area contributed by atoms with Crippen molar-refractivity contribution in [1.29, 1.82) is 0 Å². The van der Waals surface area contributed by atoms with Gasteiger partial charge < -0.3 is 15.1 Å². The van der Waals surface area contributed by atoms with Crippen molar-refractivity contribution in [1.82, 2.24) is 15.2 Å². The third kappa shape index (κ3) is 4.61. The van der Waals surface area contributed by atoms with Crippen LogP contribution >= 0.6 is 0 Å². The summed E-state index contributed by atoms with van der Waals surface area (Å²) < 4.78 is 0. The van der Waals surface area contributed by atoms with E-state index in [9.17, 15) is 4.79 Å². The Bertz CT molecular complexity index is 717. The minimum atomic E-state index is -0.0524. The number of hydrogen-bond acceptors (Lipinski definition) is 4. The van der Waals surface area contributed by atoms with E-state index < -0.39 is 0 Å². The van der Waals surface area contributed by atoms with E-state index in [0.29, 0.717) is 18.0 Å². The Hall–Kier alpha value is -2.40. The van der Waals surface area contributed by atoms with Crippen molar-refractivity contribution >= 4 is 11.7 Å². The standard InChI is InChI=1S/C21H28N4O/c1-16(2)18-5-7-19(8-6-18)21(26)23-15-17-4-9-20(22-14-17)25-12-10-24(3)11-13-25/h4-9,14,16H,10-13,15H2,1-3H3,(H,23,26). The van der Waals surface area contributed by atoms with Gasteiger partial charge in [-0.25, -0.2) is 4.98 Å². The Morgan fingerprint density at radius 3 is 2.35 bits per heavy atom. The van der Waals surface area contributed by atoms with Crippen LogP contribution in [0.15, 0.2) is 42.6 Å². The number of hydrogen-bond donors (Lipinski definition) is 1. The predicted octanol–water partition coefficient (Wildman–Crippen LogP) is 2.89. The van der Waals surface area contributed by atoms with Crippen LogP contribution in [0.2, 0.25) is 0 Å². The molecular weight excluding hydrogens is 324 g/mol. The third-order valence-electron chi connectivity index (χ3n) is 4.93. The quantitative estimate of drug-likeness (QED) is 0.899. The maximum atomic E-state index is 12.3. The number of pyridine rings is 1. The molecule has 0 aliphatic carbocycles. The molecule has 1 fully saturated rings. The number of benzene rings is 1. The van der Waals surface area contributed by atoms with Crippen LogP contribution in [0.5, 0.6) is 0 Å². The molecule has 2 aromatic rings. The highest BCUT2D eigenvalue weighted by Gasteiger charge is 2.15. The maximum Gasteiger partial charge on any atom is 0.251 e. The second-order valence-corrected chi connectivity index (χ2v) is 7.27. The lowest BCUT2D eigenvalue weighted by atomic mass is 10.0. The van der Waals surface area contributed by atoms with Crippen LogP contribution in [0.25, 0.3) is 0 Å². The molecule has 5 nitrogen and oxygen atoms in total. The molecule has 0 atom stereocenters. The smallest absolute Gasteiger partial charge is 0.251 e. The first-order valence-electron chi connectivity index (χ1n) is 9.29. The van der Waals surface area contributed by atoms with Gasteiger partial charge in [0.05, 0.1) is 0 Å². The first-order chi connectivity index (χ1) is 12.5. The van der Waals surface area contributed by atoms with Gasteiger partial charge in [-0.3, -0.25) is 4.79 Å². The van der Waals surface area contributed by atoms with Crippen LogP contribution in [0, 0.1) is 0 Å². The summed E-state index contributed by atoms with van der Waals surface area (Å²) in [6.45, 7) is 8.92. The lowest BCUT2D eigenvalue weighted by molar-refractivity contribution is 0.0951. The Balaban J connectivity index is 1.53. The molecule has 26 heavy (non-hydrogen) atoms. The molecule has 0 spiro atoms. The van der Waals surface area contributed by atoms with Crippen molar-refractivity contribution < 1.29 is 4.79 Å². The predicted molar refractivity (Wildman–Crippen MR) is 106 cm³/mol. The minimum absolute atomic E-state index is 0.0524. The molecule has 1 aromatic carbocycles. The Kier molecular flexibility index (Phi) is 5.89. The third-order valence-corrected chi connectivity index (χ3v) is 4.93. The molecule has 5 heteroatoms. The zero-order valence-corrected chi connectivity index (χ0v) is 15.9. The van der Waals surface area contributed by atoms with E-state index in [2.05, 4.69) is 41.0 Å². The van der Waals surface area contributed by atoms with Crippen LogP contribution in [0.1, 0.15) is 41.3 Å². The van der Waals surface area contributed by atoms with Gasteiger partial charge in [0.15, 0.2) is 0 Å². The molecule has 1 aliphatic heterocycles. The highest BCUT2D eigenvalue weighted by atomic mass is 16.1. The fourth-order valence-corrected chi connectivity index (χ4v) is 3.05. The van der Waals surface area contributed by atoms with E-state index >= 15 is 0 Å². The van der Waals surface area contributed by atoms with Crippen LogP contribution in [0.3, 0.4) is 0 Å². The first kappa shape index (κ1) is 18.4. The molecule has 0 unspecified atom stereocenters. The zero-order chi connectivity index (χ0) is 18.5. The Morgan fingerprint density at radius 1 is 1.08 bits per heavy atom. The number of rotatable bonds is 5. The van der Waals surface area contributed by atoms with Crippen LogP contribution in [0.4, 0.5) is 5.82 Å². The summed E-state index contributed by atoms with van der Waals surface area (Å²) in [7, 11) is 2.15. The van der Waals surface area contributed by atoms with Crippen LogP contribution in [-0.4, -0.2) is 49.0 Å². The summed E-state index contributed by atoms with van der Waals surface area (Å²) in [5.41, 5.74) is 2.94. The van der Waals surface area contributed by atoms with Crippen molar-refractivity contribution in [3.05, 3.63) is 59.3 Å². The summed E-state index contributed by atoms with van der Waals surface area (Å²) in [5, 5.41) is 2.97. The molecule has 1 saturated heterocycles. The molecule has 138 valence electrons. The van der Waals surface area contributed by atoms with Crippen LogP contribution < -0.4 is 10.2 Å². The minimum Gasteiger partial charge on any atom is -0.354 e. The second kappa shape index (κ2) is 8.32. The number of nitrogens with one attached hydrogen (secondary N) is 1. The molecule has 0 saturated carbocycles. The highest BCUT2D eigenvalue weighted by molar-refractivity contribution is 5.94. The zero-order valence-electron chi connectivity index (χ0n) is 15.9. The molecule has 0 bridgehead atoms. The fourth-order valence-electron chi connectivity index (χ4n) is 3.05. The summed E-state index contributed by atoms with van der Waals surface area (Å²) in [4.78, 5) is 21.5. The van der Waals surface area contributed by atoms with Crippen molar-refractivity contribution in [2.24, 2.45) is 0 Å². The maximum absolute atomic E-state index is 12.3. The van der Waals surface area contributed by atoms with Crippen molar-refractivity contribution in [3.63, 3.8) is 0 Å². The number of nitrogens with zero attached hydrogens (tertiary/aromatic N) is 3. The van der Waals surface area contributed by atoms with Gasteiger partial charge in [0, 0.05) is 44.5 Å². The average molecular weight is 352 g/mol. The largest absolute Gasteiger partial charge is 0.354 e. The number of likely N-dealkylation sites (N-methyl/N-ethyl adjacent to an activating group) is 1. The Morgan fingerprint density at radius 2 is 1.77 bits per heavy atom. The van der Waals surface area contributed by atoms with Gasteiger partial charge in [-0.05, 0) is 42.3 Å².